The van der Waals surface area contributed by atoms with Crippen LogP contribution in [0.3, 0.4) is 0 Å². The molecule has 0 amide bonds. The quantitative estimate of drug-likeness (QED) is 0.348. The summed E-state index contributed by atoms with van der Waals surface area (Å²) >= 11 is 1.73. The van der Waals surface area contributed by atoms with Crippen LogP contribution < -0.4 is 15.4 Å². The maximum atomic E-state index is 5.21. The molecule has 0 aliphatic rings. The number of nitrogens with one attached hydrogen (secondary N) is 2. The number of aromatic nitrogens is 1. The molecule has 5 nitrogen and oxygen atoms in total. The summed E-state index contributed by atoms with van der Waals surface area (Å²) in [6.07, 6.45) is 1.03. The SMILES string of the molecule is CN=C(NCCC(C)c1ccc(OC)cc1)NCc1sc(C)nc1C.I. The smallest absolute Gasteiger partial charge is 0.191 e. The molecule has 1 aromatic heterocycles. The number of aryl methyl sites for hydroxylation is 2. The molecule has 0 aliphatic heterocycles. The Morgan fingerprint density at radius 3 is 2.46 bits per heavy atom. The van der Waals surface area contributed by atoms with Crippen molar-refractivity contribution in [1.29, 1.82) is 0 Å². The van der Waals surface area contributed by atoms with E-state index < -0.39 is 0 Å². The number of benzene rings is 1. The van der Waals surface area contributed by atoms with Crippen molar-refractivity contribution >= 4 is 41.3 Å². The van der Waals surface area contributed by atoms with Crippen molar-refractivity contribution in [2.24, 2.45) is 4.99 Å². The normalized spacial score (nSPS) is 12.3. The molecule has 2 aromatic rings. The summed E-state index contributed by atoms with van der Waals surface area (Å²) in [5, 5.41) is 7.85. The van der Waals surface area contributed by atoms with E-state index in [0.717, 1.165) is 41.9 Å². The van der Waals surface area contributed by atoms with Crippen molar-refractivity contribution in [3.63, 3.8) is 0 Å². The van der Waals surface area contributed by atoms with E-state index >= 15 is 0 Å². The summed E-state index contributed by atoms with van der Waals surface area (Å²) in [6.45, 7) is 7.95. The molecule has 0 aliphatic carbocycles. The van der Waals surface area contributed by atoms with E-state index in [-0.39, 0.29) is 24.0 Å². The highest BCUT2D eigenvalue weighted by atomic mass is 127. The Kier molecular flexibility index (Phi) is 9.93. The number of halogens is 1. The molecular formula is C19H29IN4OS. The van der Waals surface area contributed by atoms with Gasteiger partial charge in [-0.15, -0.1) is 35.3 Å². The topological polar surface area (TPSA) is 58.5 Å². The van der Waals surface area contributed by atoms with Crippen LogP contribution in [0.1, 0.15) is 40.4 Å². The van der Waals surface area contributed by atoms with E-state index in [1.807, 2.05) is 26.0 Å². The van der Waals surface area contributed by atoms with Gasteiger partial charge < -0.3 is 15.4 Å². The Balaban J connectivity index is 0.00000338. The standard InChI is InChI=1S/C19H28N4OS.HI/c1-13(16-6-8-17(24-5)9-7-16)10-11-21-19(20-4)22-12-18-14(2)23-15(3)25-18;/h6-9,13H,10-12H2,1-5H3,(H2,20,21,22);1H. The highest BCUT2D eigenvalue weighted by Crippen LogP contribution is 2.21. The molecule has 0 spiro atoms. The fourth-order valence-electron chi connectivity index (χ4n) is 2.63. The molecule has 0 radical (unpaired) electrons. The molecule has 1 heterocycles. The maximum absolute atomic E-state index is 5.21. The molecule has 2 rings (SSSR count). The Morgan fingerprint density at radius 1 is 1.23 bits per heavy atom. The van der Waals surface area contributed by atoms with Crippen LogP contribution >= 0.6 is 35.3 Å². The lowest BCUT2D eigenvalue weighted by molar-refractivity contribution is 0.414. The van der Waals surface area contributed by atoms with E-state index in [1.165, 1.54) is 10.4 Å². The summed E-state index contributed by atoms with van der Waals surface area (Å²) in [5.74, 6) is 2.20. The van der Waals surface area contributed by atoms with Crippen LogP contribution in [0, 0.1) is 13.8 Å². The minimum Gasteiger partial charge on any atom is -0.497 e. The molecule has 1 atom stereocenters. The molecular weight excluding hydrogens is 459 g/mol. The molecule has 26 heavy (non-hydrogen) atoms. The average molecular weight is 488 g/mol. The minimum atomic E-state index is 0. The lowest BCUT2D eigenvalue weighted by Gasteiger charge is -2.15. The Bertz CT molecular complexity index is 700. The lowest BCUT2D eigenvalue weighted by Crippen LogP contribution is -2.37. The lowest BCUT2D eigenvalue weighted by atomic mass is 9.98. The van der Waals surface area contributed by atoms with Gasteiger partial charge in [0.15, 0.2) is 5.96 Å². The zero-order valence-corrected chi connectivity index (χ0v) is 19.3. The fourth-order valence-corrected chi connectivity index (χ4v) is 3.51. The summed E-state index contributed by atoms with van der Waals surface area (Å²) in [4.78, 5) is 10.0. The predicted molar refractivity (Wildman–Crippen MR) is 121 cm³/mol. The number of nitrogens with zero attached hydrogens (tertiary/aromatic N) is 2. The first-order chi connectivity index (χ1) is 12.0. The summed E-state index contributed by atoms with van der Waals surface area (Å²) in [7, 11) is 3.49. The van der Waals surface area contributed by atoms with Crippen LogP contribution in [-0.2, 0) is 6.54 Å². The second-order valence-corrected chi connectivity index (χ2v) is 7.34. The Hall–Kier alpha value is -1.35. The maximum Gasteiger partial charge on any atom is 0.191 e. The van der Waals surface area contributed by atoms with Crippen LogP contribution in [0.15, 0.2) is 29.3 Å². The molecule has 0 saturated carbocycles. The molecule has 0 fully saturated rings. The van der Waals surface area contributed by atoms with Gasteiger partial charge in [-0.1, -0.05) is 19.1 Å². The molecule has 0 saturated heterocycles. The van der Waals surface area contributed by atoms with E-state index in [9.17, 15) is 0 Å². The number of ether oxygens (including phenoxy) is 1. The molecule has 1 unspecified atom stereocenters. The Labute approximate surface area is 177 Å². The van der Waals surface area contributed by atoms with Crippen LogP contribution in [0.25, 0.3) is 0 Å². The van der Waals surface area contributed by atoms with Gasteiger partial charge in [-0.3, -0.25) is 4.99 Å². The monoisotopic (exact) mass is 488 g/mol. The van der Waals surface area contributed by atoms with Gasteiger partial charge in [-0.2, -0.15) is 0 Å². The van der Waals surface area contributed by atoms with E-state index in [1.54, 1.807) is 25.5 Å². The van der Waals surface area contributed by atoms with Crippen molar-refractivity contribution in [1.82, 2.24) is 15.6 Å². The van der Waals surface area contributed by atoms with Crippen molar-refractivity contribution in [2.45, 2.75) is 39.7 Å². The number of hydrogen-bond acceptors (Lipinski definition) is 4. The first-order valence-corrected chi connectivity index (χ1v) is 9.36. The number of rotatable bonds is 7. The number of hydrogen-bond donors (Lipinski definition) is 2. The second-order valence-electron chi connectivity index (χ2n) is 6.06. The Morgan fingerprint density at radius 2 is 1.92 bits per heavy atom. The van der Waals surface area contributed by atoms with Crippen LogP contribution in [0.2, 0.25) is 0 Å². The van der Waals surface area contributed by atoms with Crippen LogP contribution in [-0.4, -0.2) is 31.6 Å². The summed E-state index contributed by atoms with van der Waals surface area (Å²) in [6, 6.07) is 8.29. The first-order valence-electron chi connectivity index (χ1n) is 8.54. The first kappa shape index (κ1) is 22.7. The largest absolute Gasteiger partial charge is 0.497 e. The molecule has 7 heteroatoms. The fraction of sp³-hybridized carbons (Fsp3) is 0.474. The van der Waals surface area contributed by atoms with E-state index in [0.29, 0.717) is 5.92 Å². The van der Waals surface area contributed by atoms with Crippen LogP contribution in [0.4, 0.5) is 0 Å². The predicted octanol–water partition coefficient (Wildman–Crippen LogP) is 4.25. The molecule has 2 N–H and O–H groups in total. The van der Waals surface area contributed by atoms with Crippen molar-refractivity contribution < 1.29 is 4.74 Å². The highest BCUT2D eigenvalue weighted by Gasteiger charge is 2.08. The van der Waals surface area contributed by atoms with Gasteiger partial charge in [0.2, 0.25) is 0 Å². The van der Waals surface area contributed by atoms with Gasteiger partial charge in [0.05, 0.1) is 24.4 Å². The average Bonchev–Trinajstić information content (AvgIpc) is 2.95. The van der Waals surface area contributed by atoms with Gasteiger partial charge in [0, 0.05) is 18.5 Å². The zero-order valence-electron chi connectivity index (χ0n) is 16.1. The summed E-state index contributed by atoms with van der Waals surface area (Å²) < 4.78 is 5.21. The van der Waals surface area contributed by atoms with Crippen molar-refractivity contribution in [2.75, 3.05) is 20.7 Å². The highest BCUT2D eigenvalue weighted by molar-refractivity contribution is 14.0. The molecule has 0 bridgehead atoms. The third-order valence-corrected chi connectivity index (χ3v) is 5.27. The molecule has 1 aromatic carbocycles. The summed E-state index contributed by atoms with van der Waals surface area (Å²) in [5.41, 5.74) is 2.42. The zero-order chi connectivity index (χ0) is 18.2. The molecule has 144 valence electrons. The number of methoxy groups -OCH3 is 1. The number of guanidine groups is 1. The van der Waals surface area contributed by atoms with Crippen LogP contribution in [0.5, 0.6) is 5.75 Å². The van der Waals surface area contributed by atoms with Crippen molar-refractivity contribution in [3.8, 4) is 5.75 Å². The number of aliphatic imine (C=N–C) groups is 1. The van der Waals surface area contributed by atoms with E-state index in [4.69, 9.17) is 4.74 Å². The van der Waals surface area contributed by atoms with Gasteiger partial charge >= 0.3 is 0 Å². The van der Waals surface area contributed by atoms with Gasteiger partial charge in [-0.25, -0.2) is 4.98 Å². The van der Waals surface area contributed by atoms with Gasteiger partial charge in [0.25, 0.3) is 0 Å². The minimum absolute atomic E-state index is 0. The second kappa shape index (κ2) is 11.4. The van der Waals surface area contributed by atoms with E-state index in [2.05, 4.69) is 39.7 Å². The van der Waals surface area contributed by atoms with Gasteiger partial charge in [0.1, 0.15) is 5.75 Å². The number of thiazole rings is 1. The van der Waals surface area contributed by atoms with Crippen molar-refractivity contribution in [3.05, 3.63) is 45.4 Å². The van der Waals surface area contributed by atoms with Gasteiger partial charge in [-0.05, 0) is 43.9 Å². The third kappa shape index (κ3) is 6.75. The third-order valence-electron chi connectivity index (χ3n) is 4.19.